The second kappa shape index (κ2) is 4.23. The van der Waals surface area contributed by atoms with E-state index in [9.17, 15) is 9.59 Å². The van der Waals surface area contributed by atoms with Crippen molar-refractivity contribution in [3.8, 4) is 0 Å². The average Bonchev–Trinajstić information content (AvgIpc) is 2.16. The molecule has 4 nitrogen and oxygen atoms in total. The first-order valence-electron chi connectivity index (χ1n) is 4.02. The van der Waals surface area contributed by atoms with Crippen LogP contribution in [0.4, 0.5) is 0 Å². The zero-order valence-corrected chi connectivity index (χ0v) is 8.41. The molecule has 0 fully saturated rings. The maximum absolute atomic E-state index is 11.0. The highest BCUT2D eigenvalue weighted by Gasteiger charge is 2.18. The zero-order chi connectivity index (χ0) is 10.7. The summed E-state index contributed by atoms with van der Waals surface area (Å²) >= 11 is 3.57. The van der Waals surface area contributed by atoms with Crippen LogP contribution in [-0.4, -0.2) is 21.2 Å². The van der Waals surface area contributed by atoms with Crippen molar-refractivity contribution in [3.63, 3.8) is 0 Å². The largest absolute Gasteiger partial charge is 0.478 e. The second-order valence-corrected chi connectivity index (χ2v) is 3.06. The van der Waals surface area contributed by atoms with Crippen LogP contribution in [0.15, 0.2) is 12.3 Å². The second-order valence-electron chi connectivity index (χ2n) is 2.66. The first-order valence-corrected chi connectivity index (χ1v) is 4.47. The number of hydrogen-bond donors (Lipinski definition) is 2. The molecule has 0 amide bonds. The summed E-state index contributed by atoms with van der Waals surface area (Å²) in [5, 5.41) is 8.27. The molecule has 1 heterocycles. The number of carbonyl (C=O) groups is 2. The minimum absolute atomic E-state index is 0.0463. The van der Waals surface area contributed by atoms with Gasteiger partial charge in [-0.2, -0.15) is 0 Å². The number of aryl methyl sites for hydroxylation is 1. The van der Waals surface area contributed by atoms with E-state index < -0.39 is 11.1 Å². The molecule has 0 aliphatic rings. The Morgan fingerprint density at radius 3 is 2.64 bits per heavy atom. The van der Waals surface area contributed by atoms with Gasteiger partial charge in [0.2, 0.25) is 5.12 Å². The lowest BCUT2D eigenvalue weighted by Crippen LogP contribution is -2.10. The van der Waals surface area contributed by atoms with Crippen molar-refractivity contribution in [3.05, 3.63) is 29.1 Å². The molecular formula is C9H9NO3S. The Morgan fingerprint density at radius 1 is 1.57 bits per heavy atom. The predicted octanol–water partition coefficient (Wildman–Crippen LogP) is 1.41. The zero-order valence-electron chi connectivity index (χ0n) is 7.52. The Bertz CT molecular complexity index is 390. The fourth-order valence-electron chi connectivity index (χ4n) is 1.20. The summed E-state index contributed by atoms with van der Waals surface area (Å²) < 4.78 is 0. The number of rotatable bonds is 3. The Hall–Kier alpha value is -1.36. The summed E-state index contributed by atoms with van der Waals surface area (Å²) in [6, 6.07) is 1.59. The van der Waals surface area contributed by atoms with Gasteiger partial charge in [0.05, 0.1) is 5.56 Å². The van der Waals surface area contributed by atoms with E-state index in [1.54, 1.807) is 6.07 Å². The fourth-order valence-corrected chi connectivity index (χ4v) is 1.37. The molecular weight excluding hydrogens is 202 g/mol. The van der Waals surface area contributed by atoms with E-state index in [0.29, 0.717) is 12.0 Å². The lowest BCUT2D eigenvalue weighted by Gasteiger charge is -2.05. The molecule has 0 bridgehead atoms. The molecule has 0 aliphatic heterocycles. The van der Waals surface area contributed by atoms with Crippen molar-refractivity contribution in [1.82, 2.24) is 4.98 Å². The van der Waals surface area contributed by atoms with Gasteiger partial charge in [-0.05, 0) is 18.1 Å². The van der Waals surface area contributed by atoms with Crippen molar-refractivity contribution in [2.24, 2.45) is 0 Å². The molecule has 1 aromatic heterocycles. The molecule has 0 unspecified atom stereocenters. The number of hydrogen-bond acceptors (Lipinski definition) is 3. The van der Waals surface area contributed by atoms with E-state index in [1.807, 2.05) is 6.92 Å². The lowest BCUT2D eigenvalue weighted by atomic mass is 10.1. The van der Waals surface area contributed by atoms with E-state index in [1.165, 1.54) is 6.20 Å². The molecule has 14 heavy (non-hydrogen) atoms. The smallest absolute Gasteiger partial charge is 0.338 e. The van der Waals surface area contributed by atoms with Gasteiger partial charge in [-0.1, -0.05) is 19.6 Å². The third-order valence-corrected chi connectivity index (χ3v) is 2.05. The number of carboxylic acid groups (broad SMARTS) is 1. The maximum Gasteiger partial charge on any atom is 0.338 e. The van der Waals surface area contributed by atoms with Gasteiger partial charge in [0.1, 0.15) is 5.69 Å². The molecule has 0 saturated carbocycles. The summed E-state index contributed by atoms with van der Waals surface area (Å²) in [6.45, 7) is 1.81. The Balaban J connectivity index is 3.43. The molecule has 1 N–H and O–H groups in total. The highest BCUT2D eigenvalue weighted by atomic mass is 32.1. The number of nitrogens with zero attached hydrogens (tertiary/aromatic N) is 1. The molecule has 1 aromatic rings. The van der Waals surface area contributed by atoms with Crippen LogP contribution >= 0.6 is 12.6 Å². The summed E-state index contributed by atoms with van der Waals surface area (Å²) in [4.78, 5) is 25.6. The van der Waals surface area contributed by atoms with E-state index in [4.69, 9.17) is 5.11 Å². The SMILES string of the molecule is CCc1ccnc(C(=O)S)c1C(=O)O. The summed E-state index contributed by atoms with van der Waals surface area (Å²) in [6.07, 6.45) is 1.95. The van der Waals surface area contributed by atoms with Crippen LogP contribution in [0.2, 0.25) is 0 Å². The summed E-state index contributed by atoms with van der Waals surface area (Å²) in [5.41, 5.74) is 0.445. The molecule has 5 heteroatoms. The predicted molar refractivity (Wildman–Crippen MR) is 53.9 cm³/mol. The Labute approximate surface area is 86.4 Å². The first kappa shape index (κ1) is 10.7. The van der Waals surface area contributed by atoms with Gasteiger partial charge in [-0.3, -0.25) is 9.78 Å². The van der Waals surface area contributed by atoms with Crippen LogP contribution in [0.5, 0.6) is 0 Å². The molecule has 0 radical (unpaired) electrons. The van der Waals surface area contributed by atoms with Gasteiger partial charge in [0.25, 0.3) is 0 Å². The quantitative estimate of drug-likeness (QED) is 0.742. The van der Waals surface area contributed by atoms with Gasteiger partial charge < -0.3 is 5.11 Å². The van der Waals surface area contributed by atoms with Gasteiger partial charge in [-0.15, -0.1) is 0 Å². The van der Waals surface area contributed by atoms with Gasteiger partial charge >= 0.3 is 5.97 Å². The topological polar surface area (TPSA) is 67.3 Å². The third-order valence-electron chi connectivity index (χ3n) is 1.83. The number of aromatic carboxylic acids is 1. The molecule has 0 atom stereocenters. The monoisotopic (exact) mass is 211 g/mol. The summed E-state index contributed by atoms with van der Waals surface area (Å²) in [7, 11) is 0. The highest BCUT2D eigenvalue weighted by molar-refractivity contribution is 7.97. The molecule has 0 saturated heterocycles. The Kier molecular flexibility index (Phi) is 3.24. The van der Waals surface area contributed by atoms with Crippen molar-refractivity contribution in [1.29, 1.82) is 0 Å². The number of carboxylic acids is 1. The van der Waals surface area contributed by atoms with Crippen LogP contribution in [-0.2, 0) is 6.42 Å². The average molecular weight is 211 g/mol. The molecule has 0 spiro atoms. The third kappa shape index (κ3) is 1.93. The Morgan fingerprint density at radius 2 is 2.21 bits per heavy atom. The van der Waals surface area contributed by atoms with E-state index in [0.717, 1.165) is 0 Å². The van der Waals surface area contributed by atoms with Gasteiger partial charge in [-0.25, -0.2) is 4.79 Å². The van der Waals surface area contributed by atoms with Gasteiger partial charge in [0.15, 0.2) is 0 Å². The standard InChI is InChI=1S/C9H9NO3S/c1-2-5-3-4-10-7(9(13)14)6(5)8(11)12/h3-4H,2H2,1H3,(H,11,12)(H,13,14). The van der Waals surface area contributed by atoms with Crippen LogP contribution in [0.3, 0.4) is 0 Å². The van der Waals surface area contributed by atoms with E-state index >= 15 is 0 Å². The fraction of sp³-hybridized carbons (Fsp3) is 0.222. The molecule has 74 valence electrons. The van der Waals surface area contributed by atoms with E-state index in [2.05, 4.69) is 17.6 Å². The highest BCUT2D eigenvalue weighted by Crippen LogP contribution is 2.14. The lowest BCUT2D eigenvalue weighted by molar-refractivity contribution is 0.0691. The van der Waals surface area contributed by atoms with Gasteiger partial charge in [0, 0.05) is 6.20 Å². The van der Waals surface area contributed by atoms with E-state index in [-0.39, 0.29) is 11.3 Å². The van der Waals surface area contributed by atoms with Crippen molar-refractivity contribution < 1.29 is 14.7 Å². The number of carbonyl (C=O) groups excluding carboxylic acids is 1. The summed E-state index contributed by atoms with van der Waals surface area (Å²) in [5.74, 6) is -1.15. The number of pyridine rings is 1. The van der Waals surface area contributed by atoms with Crippen LogP contribution in [0, 0.1) is 0 Å². The molecule has 1 rings (SSSR count). The first-order chi connectivity index (χ1) is 6.57. The van der Waals surface area contributed by atoms with Crippen molar-refractivity contribution in [2.45, 2.75) is 13.3 Å². The number of aromatic nitrogens is 1. The number of thiol groups is 1. The van der Waals surface area contributed by atoms with Crippen LogP contribution < -0.4 is 0 Å². The molecule has 0 aromatic carbocycles. The van der Waals surface area contributed by atoms with Crippen LogP contribution in [0.1, 0.15) is 33.3 Å². The normalized spacial score (nSPS) is 9.86. The minimum atomic E-state index is -1.15. The van der Waals surface area contributed by atoms with Crippen molar-refractivity contribution in [2.75, 3.05) is 0 Å². The molecule has 0 aliphatic carbocycles. The van der Waals surface area contributed by atoms with Crippen LogP contribution in [0.25, 0.3) is 0 Å². The van der Waals surface area contributed by atoms with Crippen molar-refractivity contribution >= 4 is 23.7 Å². The minimum Gasteiger partial charge on any atom is -0.478 e. The maximum atomic E-state index is 11.0.